The Bertz CT molecular complexity index is 851. The van der Waals surface area contributed by atoms with Gasteiger partial charge >= 0.3 is 6.18 Å². The second-order valence-corrected chi connectivity index (χ2v) is 5.71. The first kappa shape index (κ1) is 16.2. The van der Waals surface area contributed by atoms with Crippen molar-refractivity contribution in [2.75, 3.05) is 0 Å². The maximum atomic E-state index is 12.7. The van der Waals surface area contributed by atoms with E-state index in [0.29, 0.717) is 0 Å². The molecule has 1 heterocycles. The number of halogens is 3. The molecule has 0 radical (unpaired) electrons. The van der Waals surface area contributed by atoms with Crippen LogP contribution in [0.25, 0.3) is 22.4 Å². The molecule has 122 valence electrons. The maximum Gasteiger partial charge on any atom is 0.416 e. The molecule has 1 aromatic heterocycles. The van der Waals surface area contributed by atoms with E-state index in [2.05, 4.69) is 4.98 Å². The summed E-state index contributed by atoms with van der Waals surface area (Å²) in [4.78, 5) is 4.61. The molecule has 3 aromatic rings. The lowest BCUT2D eigenvalue weighted by molar-refractivity contribution is -0.137. The third-order valence-electron chi connectivity index (χ3n) is 4.11. The van der Waals surface area contributed by atoms with Crippen molar-refractivity contribution in [2.24, 2.45) is 0 Å². The van der Waals surface area contributed by atoms with Crippen LogP contribution in [0.2, 0.25) is 0 Å². The Balaban J connectivity index is 2.09. The Morgan fingerprint density at radius 3 is 2.00 bits per heavy atom. The number of rotatable bonds is 2. The van der Waals surface area contributed by atoms with Crippen LogP contribution in [-0.2, 0) is 6.18 Å². The van der Waals surface area contributed by atoms with Gasteiger partial charge in [-0.05, 0) is 48.7 Å². The van der Waals surface area contributed by atoms with Crippen LogP contribution in [0.3, 0.4) is 0 Å². The first-order valence-electron chi connectivity index (χ1n) is 7.57. The topological polar surface area (TPSA) is 12.9 Å². The van der Waals surface area contributed by atoms with Crippen molar-refractivity contribution < 1.29 is 13.2 Å². The summed E-state index contributed by atoms with van der Waals surface area (Å²) in [6.07, 6.45) is -4.32. The van der Waals surface area contributed by atoms with Crippen molar-refractivity contribution >= 4 is 0 Å². The second-order valence-electron chi connectivity index (χ2n) is 5.71. The third kappa shape index (κ3) is 3.18. The number of alkyl halides is 3. The van der Waals surface area contributed by atoms with Crippen LogP contribution in [0.5, 0.6) is 0 Å². The Morgan fingerprint density at radius 2 is 1.42 bits per heavy atom. The van der Waals surface area contributed by atoms with Crippen molar-refractivity contribution in [1.29, 1.82) is 0 Å². The Kier molecular flexibility index (Phi) is 4.14. The summed E-state index contributed by atoms with van der Waals surface area (Å²) in [5, 5.41) is 0. The zero-order chi connectivity index (χ0) is 17.3. The summed E-state index contributed by atoms with van der Waals surface area (Å²) in [5.41, 5.74) is 4.64. The number of hydrogen-bond donors (Lipinski definition) is 0. The van der Waals surface area contributed by atoms with Gasteiger partial charge in [-0.25, -0.2) is 0 Å². The summed E-state index contributed by atoms with van der Waals surface area (Å²) in [7, 11) is 0. The van der Waals surface area contributed by atoms with E-state index in [-0.39, 0.29) is 0 Å². The van der Waals surface area contributed by atoms with Crippen LogP contribution >= 0.6 is 0 Å². The van der Waals surface area contributed by atoms with Gasteiger partial charge in [-0.15, -0.1) is 0 Å². The molecular weight excluding hydrogens is 311 g/mol. The molecule has 2 aromatic carbocycles. The molecule has 3 rings (SSSR count). The van der Waals surface area contributed by atoms with E-state index in [9.17, 15) is 13.2 Å². The molecule has 0 aliphatic rings. The highest BCUT2D eigenvalue weighted by Gasteiger charge is 2.30. The lowest BCUT2D eigenvalue weighted by Gasteiger charge is -2.13. The highest BCUT2D eigenvalue weighted by atomic mass is 19.4. The fourth-order valence-electron chi connectivity index (χ4n) is 2.63. The van der Waals surface area contributed by atoms with Gasteiger partial charge in [0, 0.05) is 11.3 Å². The number of aryl methyl sites for hydroxylation is 1. The first-order chi connectivity index (χ1) is 11.4. The molecule has 0 aliphatic heterocycles. The molecule has 0 unspecified atom stereocenters. The molecule has 0 atom stereocenters. The smallest absolute Gasteiger partial charge is 0.253 e. The van der Waals surface area contributed by atoms with Crippen molar-refractivity contribution in [3.05, 3.63) is 77.5 Å². The first-order valence-corrected chi connectivity index (χ1v) is 7.57. The fraction of sp³-hybridized carbons (Fsp3) is 0.150. The average molecular weight is 327 g/mol. The number of hydrogen-bond acceptors (Lipinski definition) is 1. The summed E-state index contributed by atoms with van der Waals surface area (Å²) in [5.74, 6) is 0. The van der Waals surface area contributed by atoms with Gasteiger partial charge in [0.2, 0.25) is 0 Å². The van der Waals surface area contributed by atoms with Gasteiger partial charge in [-0.3, -0.25) is 4.98 Å². The zero-order valence-corrected chi connectivity index (χ0v) is 13.4. The predicted molar refractivity (Wildman–Crippen MR) is 89.6 cm³/mol. The molecule has 0 saturated carbocycles. The van der Waals surface area contributed by atoms with E-state index in [0.717, 1.165) is 45.8 Å². The number of pyridine rings is 1. The van der Waals surface area contributed by atoms with E-state index >= 15 is 0 Å². The van der Waals surface area contributed by atoms with Crippen molar-refractivity contribution in [3.8, 4) is 22.4 Å². The summed E-state index contributed by atoms with van der Waals surface area (Å²) in [6, 6.07) is 16.9. The molecule has 1 nitrogen and oxygen atoms in total. The fourth-order valence-corrected chi connectivity index (χ4v) is 2.63. The molecule has 0 saturated heterocycles. The van der Waals surface area contributed by atoms with E-state index in [1.807, 2.05) is 50.2 Å². The van der Waals surface area contributed by atoms with Crippen LogP contribution < -0.4 is 0 Å². The van der Waals surface area contributed by atoms with Crippen molar-refractivity contribution in [3.63, 3.8) is 0 Å². The molecule has 0 aliphatic carbocycles. The minimum absolute atomic E-state index is 0.641. The number of aromatic nitrogens is 1. The standard InChI is InChI=1S/C20H16F3N/c1-13-14(2)24-19(16-6-4-3-5-7-16)12-18(13)15-8-10-17(11-9-15)20(21,22)23/h3-12H,1-2H3. The highest BCUT2D eigenvalue weighted by Crippen LogP contribution is 2.33. The molecular formula is C20H16F3N. The van der Waals surface area contributed by atoms with Gasteiger partial charge < -0.3 is 0 Å². The van der Waals surface area contributed by atoms with Crippen LogP contribution in [-0.4, -0.2) is 4.98 Å². The number of nitrogens with zero attached hydrogens (tertiary/aromatic N) is 1. The van der Waals surface area contributed by atoms with E-state index in [1.54, 1.807) is 0 Å². The minimum atomic E-state index is -4.32. The normalized spacial score (nSPS) is 11.5. The minimum Gasteiger partial charge on any atom is -0.253 e. The lowest BCUT2D eigenvalue weighted by Crippen LogP contribution is -2.04. The van der Waals surface area contributed by atoms with E-state index in [4.69, 9.17) is 0 Å². The van der Waals surface area contributed by atoms with Gasteiger partial charge in [-0.2, -0.15) is 13.2 Å². The van der Waals surface area contributed by atoms with Gasteiger partial charge in [0.25, 0.3) is 0 Å². The monoisotopic (exact) mass is 327 g/mol. The summed E-state index contributed by atoms with van der Waals surface area (Å²) >= 11 is 0. The number of benzene rings is 2. The third-order valence-corrected chi connectivity index (χ3v) is 4.11. The molecule has 0 spiro atoms. The van der Waals surface area contributed by atoms with Crippen molar-refractivity contribution in [1.82, 2.24) is 4.98 Å². The quantitative estimate of drug-likeness (QED) is 0.558. The maximum absolute atomic E-state index is 12.7. The van der Waals surface area contributed by atoms with E-state index in [1.165, 1.54) is 12.1 Å². The molecule has 24 heavy (non-hydrogen) atoms. The molecule has 0 amide bonds. The van der Waals surface area contributed by atoms with Crippen LogP contribution in [0.4, 0.5) is 13.2 Å². The van der Waals surface area contributed by atoms with Crippen LogP contribution in [0.15, 0.2) is 60.7 Å². The Morgan fingerprint density at radius 1 is 0.792 bits per heavy atom. The van der Waals surface area contributed by atoms with Crippen LogP contribution in [0, 0.1) is 13.8 Å². The van der Waals surface area contributed by atoms with Crippen LogP contribution in [0.1, 0.15) is 16.8 Å². The Labute approximate surface area is 138 Å². The molecule has 0 bridgehead atoms. The Hall–Kier alpha value is -2.62. The zero-order valence-electron chi connectivity index (χ0n) is 13.4. The SMILES string of the molecule is Cc1nc(-c2ccccc2)cc(-c2ccc(C(F)(F)F)cc2)c1C. The highest BCUT2D eigenvalue weighted by molar-refractivity contribution is 5.74. The van der Waals surface area contributed by atoms with Gasteiger partial charge in [0.15, 0.2) is 0 Å². The van der Waals surface area contributed by atoms with Gasteiger partial charge in [0.05, 0.1) is 11.3 Å². The lowest BCUT2D eigenvalue weighted by atomic mass is 9.96. The largest absolute Gasteiger partial charge is 0.416 e. The van der Waals surface area contributed by atoms with Crippen molar-refractivity contribution in [2.45, 2.75) is 20.0 Å². The summed E-state index contributed by atoms with van der Waals surface area (Å²) < 4.78 is 38.2. The predicted octanol–water partition coefficient (Wildman–Crippen LogP) is 6.05. The van der Waals surface area contributed by atoms with E-state index < -0.39 is 11.7 Å². The second kappa shape index (κ2) is 6.11. The summed E-state index contributed by atoms with van der Waals surface area (Å²) in [6.45, 7) is 3.85. The molecule has 0 N–H and O–H groups in total. The van der Waals surface area contributed by atoms with Gasteiger partial charge in [0.1, 0.15) is 0 Å². The average Bonchev–Trinajstić information content (AvgIpc) is 2.57. The van der Waals surface area contributed by atoms with Gasteiger partial charge in [-0.1, -0.05) is 42.5 Å². The molecule has 4 heteroatoms. The molecule has 0 fully saturated rings.